The Kier molecular flexibility index (Phi) is 6.80. The van der Waals surface area contributed by atoms with Gasteiger partial charge in [0.25, 0.3) is 5.91 Å². The van der Waals surface area contributed by atoms with Crippen LogP contribution in [0.15, 0.2) is 65.8 Å². The molecule has 3 rings (SSSR count). The Morgan fingerprint density at radius 1 is 1.00 bits per heavy atom. The maximum Gasteiger partial charge on any atom is 0.251 e. The van der Waals surface area contributed by atoms with E-state index in [-0.39, 0.29) is 24.8 Å². The Hall–Kier alpha value is -3.67. The third-order valence-electron chi connectivity index (χ3n) is 4.83. The molecule has 0 bridgehead atoms. The SMILES string of the molecule is Cc1ccc(-n2c(C)cc(C=NNC(=O)CCNC(=O)c3ccccc3)c2C)cc1. The number of hydrogen-bond donors (Lipinski definition) is 2. The van der Waals surface area contributed by atoms with E-state index in [0.717, 1.165) is 22.6 Å². The van der Waals surface area contributed by atoms with E-state index in [2.05, 4.69) is 51.6 Å². The van der Waals surface area contributed by atoms with E-state index < -0.39 is 0 Å². The number of carbonyl (C=O) groups excluding carboxylic acids is 2. The smallest absolute Gasteiger partial charge is 0.251 e. The molecule has 0 fully saturated rings. The molecule has 0 radical (unpaired) electrons. The molecule has 1 aromatic heterocycles. The summed E-state index contributed by atoms with van der Waals surface area (Å²) in [6.07, 6.45) is 1.80. The predicted molar refractivity (Wildman–Crippen MR) is 119 cm³/mol. The van der Waals surface area contributed by atoms with E-state index in [1.807, 2.05) is 26.0 Å². The van der Waals surface area contributed by atoms with E-state index in [0.29, 0.717) is 5.56 Å². The molecule has 0 aliphatic heterocycles. The normalized spacial score (nSPS) is 10.9. The van der Waals surface area contributed by atoms with Crippen molar-refractivity contribution in [2.45, 2.75) is 27.2 Å². The molecule has 0 atom stereocenters. The Bertz CT molecular complexity index is 1050. The van der Waals surface area contributed by atoms with Crippen LogP contribution < -0.4 is 10.7 Å². The molecule has 2 aromatic carbocycles. The van der Waals surface area contributed by atoms with Gasteiger partial charge < -0.3 is 9.88 Å². The minimum absolute atomic E-state index is 0.151. The van der Waals surface area contributed by atoms with Gasteiger partial charge in [-0.15, -0.1) is 0 Å². The van der Waals surface area contributed by atoms with Crippen molar-refractivity contribution < 1.29 is 9.59 Å². The van der Waals surface area contributed by atoms with Gasteiger partial charge in [-0.05, 0) is 51.1 Å². The molecule has 0 aliphatic carbocycles. The number of nitrogens with one attached hydrogen (secondary N) is 2. The van der Waals surface area contributed by atoms with Crippen LogP contribution in [-0.4, -0.2) is 29.1 Å². The molecule has 30 heavy (non-hydrogen) atoms. The second kappa shape index (κ2) is 9.69. The maximum atomic E-state index is 12.0. The van der Waals surface area contributed by atoms with Crippen molar-refractivity contribution in [1.29, 1.82) is 0 Å². The summed E-state index contributed by atoms with van der Waals surface area (Å²) in [4.78, 5) is 23.9. The molecular weight excluding hydrogens is 376 g/mol. The predicted octanol–water partition coefficient (Wildman–Crippen LogP) is 3.67. The van der Waals surface area contributed by atoms with Crippen LogP contribution in [0, 0.1) is 20.8 Å². The molecule has 0 saturated carbocycles. The van der Waals surface area contributed by atoms with Gasteiger partial charge in [0.2, 0.25) is 5.91 Å². The highest BCUT2D eigenvalue weighted by Crippen LogP contribution is 2.20. The molecule has 154 valence electrons. The molecule has 0 spiro atoms. The highest BCUT2D eigenvalue weighted by molar-refractivity contribution is 5.94. The Morgan fingerprint density at radius 3 is 2.40 bits per heavy atom. The second-order valence-corrected chi connectivity index (χ2v) is 7.16. The Balaban J connectivity index is 1.53. The van der Waals surface area contributed by atoms with Gasteiger partial charge in [-0.3, -0.25) is 9.59 Å². The molecule has 3 aromatic rings. The number of aromatic nitrogens is 1. The fourth-order valence-corrected chi connectivity index (χ4v) is 3.22. The lowest BCUT2D eigenvalue weighted by Gasteiger charge is -2.09. The molecule has 6 heteroatoms. The van der Waals surface area contributed by atoms with Gasteiger partial charge in [0.05, 0.1) is 6.21 Å². The standard InChI is InChI=1S/C24H26N4O2/c1-17-9-11-22(12-10-17)28-18(2)15-21(19(28)3)16-26-27-23(29)13-14-25-24(30)20-7-5-4-6-8-20/h4-12,15-16H,13-14H2,1-3H3,(H,25,30)(H,27,29). The summed E-state index contributed by atoms with van der Waals surface area (Å²) in [5.41, 5.74) is 8.46. The molecular formula is C24H26N4O2. The highest BCUT2D eigenvalue weighted by atomic mass is 16.2. The first-order valence-corrected chi connectivity index (χ1v) is 9.87. The lowest BCUT2D eigenvalue weighted by molar-refractivity contribution is -0.120. The van der Waals surface area contributed by atoms with Gasteiger partial charge in [0, 0.05) is 41.2 Å². The summed E-state index contributed by atoms with van der Waals surface area (Å²) in [7, 11) is 0. The maximum absolute atomic E-state index is 12.0. The van der Waals surface area contributed by atoms with Crippen molar-refractivity contribution in [2.75, 3.05) is 6.54 Å². The van der Waals surface area contributed by atoms with Crippen molar-refractivity contribution in [2.24, 2.45) is 5.10 Å². The summed E-state index contributed by atoms with van der Waals surface area (Å²) in [5, 5.41) is 6.79. The van der Waals surface area contributed by atoms with Crippen molar-refractivity contribution >= 4 is 18.0 Å². The van der Waals surface area contributed by atoms with Gasteiger partial charge in [-0.2, -0.15) is 5.10 Å². The lowest BCUT2D eigenvalue weighted by atomic mass is 10.2. The van der Waals surface area contributed by atoms with Crippen LogP contribution in [0.1, 0.15) is 39.3 Å². The fraction of sp³-hybridized carbons (Fsp3) is 0.208. The number of hydrazone groups is 1. The monoisotopic (exact) mass is 402 g/mol. The van der Waals surface area contributed by atoms with Crippen LogP contribution in [0.25, 0.3) is 5.69 Å². The van der Waals surface area contributed by atoms with Crippen LogP contribution >= 0.6 is 0 Å². The van der Waals surface area contributed by atoms with Gasteiger partial charge >= 0.3 is 0 Å². The largest absolute Gasteiger partial charge is 0.352 e. The molecule has 2 amide bonds. The van der Waals surface area contributed by atoms with E-state index in [1.165, 1.54) is 5.56 Å². The summed E-state index contributed by atoms with van der Waals surface area (Å²) < 4.78 is 2.15. The number of carbonyl (C=O) groups is 2. The van der Waals surface area contributed by atoms with Crippen molar-refractivity contribution in [1.82, 2.24) is 15.3 Å². The summed E-state index contributed by atoms with van der Waals surface area (Å²) in [6, 6.07) is 19.3. The number of rotatable bonds is 7. The first kappa shape index (κ1) is 21.0. The highest BCUT2D eigenvalue weighted by Gasteiger charge is 2.10. The van der Waals surface area contributed by atoms with Crippen LogP contribution in [0.4, 0.5) is 0 Å². The van der Waals surface area contributed by atoms with Crippen LogP contribution in [0.5, 0.6) is 0 Å². The van der Waals surface area contributed by atoms with Gasteiger partial charge in [-0.1, -0.05) is 35.9 Å². The first-order chi connectivity index (χ1) is 14.5. The zero-order valence-corrected chi connectivity index (χ0v) is 17.5. The number of aryl methyl sites for hydroxylation is 2. The third kappa shape index (κ3) is 5.23. The van der Waals surface area contributed by atoms with Gasteiger partial charge in [0.1, 0.15) is 0 Å². The average molecular weight is 402 g/mol. The zero-order chi connectivity index (χ0) is 21.5. The minimum Gasteiger partial charge on any atom is -0.352 e. The minimum atomic E-state index is -0.257. The molecule has 1 heterocycles. The van der Waals surface area contributed by atoms with Gasteiger partial charge in [0.15, 0.2) is 0 Å². The third-order valence-corrected chi connectivity index (χ3v) is 4.83. The topological polar surface area (TPSA) is 75.5 Å². The van der Waals surface area contributed by atoms with E-state index in [4.69, 9.17) is 0 Å². The number of amides is 2. The number of benzene rings is 2. The summed E-state index contributed by atoms with van der Waals surface area (Å²) in [6.45, 7) is 6.37. The molecule has 2 N–H and O–H groups in total. The molecule has 0 unspecified atom stereocenters. The average Bonchev–Trinajstić information content (AvgIpc) is 3.02. The van der Waals surface area contributed by atoms with Crippen molar-refractivity contribution in [3.8, 4) is 5.69 Å². The van der Waals surface area contributed by atoms with Crippen molar-refractivity contribution in [3.63, 3.8) is 0 Å². The Labute approximate surface area is 176 Å². The van der Waals surface area contributed by atoms with Crippen LogP contribution in [0.3, 0.4) is 0 Å². The summed E-state index contributed by atoms with van der Waals surface area (Å²) in [5.74, 6) is -0.456. The number of nitrogens with zero attached hydrogens (tertiary/aromatic N) is 2. The fourth-order valence-electron chi connectivity index (χ4n) is 3.22. The Morgan fingerprint density at radius 2 is 1.70 bits per heavy atom. The van der Waals surface area contributed by atoms with Crippen molar-refractivity contribution in [3.05, 3.63) is 88.7 Å². The number of hydrogen-bond acceptors (Lipinski definition) is 3. The van der Waals surface area contributed by atoms with Crippen LogP contribution in [0.2, 0.25) is 0 Å². The van der Waals surface area contributed by atoms with E-state index >= 15 is 0 Å². The van der Waals surface area contributed by atoms with E-state index in [9.17, 15) is 9.59 Å². The molecule has 0 aliphatic rings. The lowest BCUT2D eigenvalue weighted by Crippen LogP contribution is -2.28. The molecule has 0 saturated heterocycles. The summed E-state index contributed by atoms with van der Waals surface area (Å²) >= 11 is 0. The quantitative estimate of drug-likeness (QED) is 0.467. The second-order valence-electron chi connectivity index (χ2n) is 7.16. The van der Waals surface area contributed by atoms with Crippen LogP contribution in [-0.2, 0) is 4.79 Å². The van der Waals surface area contributed by atoms with Gasteiger partial charge in [-0.25, -0.2) is 5.43 Å². The van der Waals surface area contributed by atoms with E-state index in [1.54, 1.807) is 30.5 Å². The molecule has 6 nitrogen and oxygen atoms in total. The zero-order valence-electron chi connectivity index (χ0n) is 17.5. The first-order valence-electron chi connectivity index (χ1n) is 9.87.